The van der Waals surface area contributed by atoms with Crippen molar-refractivity contribution in [1.82, 2.24) is 15.1 Å². The molecule has 1 unspecified atom stereocenters. The topological polar surface area (TPSA) is 31.9 Å². The molecule has 0 bridgehead atoms. The van der Waals surface area contributed by atoms with Crippen LogP contribution in [-0.2, 0) is 0 Å². The molecule has 0 amide bonds. The second-order valence-electron chi connectivity index (χ2n) is 8.11. The molecule has 153 valence electrons. The molecule has 2 heterocycles. The second-order valence-corrected chi connectivity index (χ2v) is 8.11. The van der Waals surface area contributed by atoms with Crippen LogP contribution in [0.5, 0.6) is 0 Å². The fraction of sp³-hybridized carbons (Fsp3) is 0.222. The van der Waals surface area contributed by atoms with Gasteiger partial charge in [-0.15, -0.1) is 0 Å². The molecule has 3 nitrogen and oxygen atoms in total. The van der Waals surface area contributed by atoms with E-state index >= 15 is 0 Å². The maximum absolute atomic E-state index is 13.1. The van der Waals surface area contributed by atoms with Gasteiger partial charge in [0.1, 0.15) is 11.5 Å². The molecule has 4 heteroatoms. The van der Waals surface area contributed by atoms with Gasteiger partial charge < -0.3 is 0 Å². The summed E-state index contributed by atoms with van der Waals surface area (Å²) in [4.78, 5) is 2.43. The van der Waals surface area contributed by atoms with E-state index in [0.717, 1.165) is 34.1 Å². The number of aromatic nitrogens is 2. The van der Waals surface area contributed by atoms with Gasteiger partial charge in [-0.2, -0.15) is 5.10 Å². The van der Waals surface area contributed by atoms with Crippen LogP contribution in [0.15, 0.2) is 60.7 Å². The Bertz CT molecular complexity index is 1260. The van der Waals surface area contributed by atoms with Crippen molar-refractivity contribution in [1.29, 1.82) is 0 Å². The molecule has 1 N–H and O–H groups in total. The molecule has 1 aliphatic heterocycles. The molecular formula is C27H23FN3. The summed E-state index contributed by atoms with van der Waals surface area (Å²) >= 11 is 0. The summed E-state index contributed by atoms with van der Waals surface area (Å²) in [5.74, 6) is 5.91. The number of aromatic amines is 1. The first-order valence-corrected chi connectivity index (χ1v) is 10.7. The summed E-state index contributed by atoms with van der Waals surface area (Å²) in [5.41, 5.74) is 5.89. The molecule has 4 aromatic rings. The Balaban J connectivity index is 1.43. The van der Waals surface area contributed by atoms with E-state index in [2.05, 4.69) is 70.4 Å². The number of hydrogen-bond donors (Lipinski definition) is 1. The normalized spacial score (nSPS) is 16.8. The number of nitrogens with one attached hydrogen (secondary N) is 1. The van der Waals surface area contributed by atoms with Crippen LogP contribution >= 0.6 is 0 Å². The molecule has 1 atom stereocenters. The molecule has 31 heavy (non-hydrogen) atoms. The minimum Gasteiger partial charge on any atom is -0.299 e. The molecule has 1 radical (unpaired) electrons. The van der Waals surface area contributed by atoms with Crippen molar-refractivity contribution in [3.05, 3.63) is 89.4 Å². The third kappa shape index (κ3) is 4.10. The number of nitrogens with zero attached hydrogens (tertiary/aromatic N) is 2. The van der Waals surface area contributed by atoms with Gasteiger partial charge in [0.2, 0.25) is 0 Å². The molecule has 1 aromatic heterocycles. The number of halogens is 1. The molecule has 0 saturated carbocycles. The summed E-state index contributed by atoms with van der Waals surface area (Å²) in [7, 11) is 2.20. The summed E-state index contributed by atoms with van der Waals surface area (Å²) in [6.45, 7) is 1.15. The quantitative estimate of drug-likeness (QED) is 0.430. The monoisotopic (exact) mass is 408 g/mol. The predicted molar refractivity (Wildman–Crippen MR) is 122 cm³/mol. The lowest BCUT2D eigenvalue weighted by Gasteiger charge is -2.32. The highest BCUT2D eigenvalue weighted by Gasteiger charge is 2.20. The molecule has 1 fully saturated rings. The Morgan fingerprint density at radius 3 is 2.65 bits per heavy atom. The highest BCUT2D eigenvalue weighted by molar-refractivity contribution is 5.88. The number of rotatable bonds is 2. The third-order valence-corrected chi connectivity index (χ3v) is 6.03. The lowest BCUT2D eigenvalue weighted by Crippen LogP contribution is -2.29. The van der Waals surface area contributed by atoms with Crippen molar-refractivity contribution < 1.29 is 4.39 Å². The molecule has 0 aliphatic carbocycles. The van der Waals surface area contributed by atoms with Crippen LogP contribution in [0, 0.1) is 23.7 Å². The first-order chi connectivity index (χ1) is 15.2. The van der Waals surface area contributed by atoms with Gasteiger partial charge in [-0.25, -0.2) is 4.39 Å². The van der Waals surface area contributed by atoms with Gasteiger partial charge in [0.15, 0.2) is 0 Å². The van der Waals surface area contributed by atoms with Gasteiger partial charge in [0, 0.05) is 17.0 Å². The number of piperidine rings is 1. The number of hydrogen-bond acceptors (Lipinski definition) is 2. The van der Waals surface area contributed by atoms with E-state index in [0.29, 0.717) is 11.7 Å². The van der Waals surface area contributed by atoms with Crippen LogP contribution in [0.3, 0.4) is 0 Å². The Labute approximate surface area is 181 Å². The van der Waals surface area contributed by atoms with Crippen molar-refractivity contribution in [3.63, 3.8) is 0 Å². The molecular weight excluding hydrogens is 385 g/mol. The van der Waals surface area contributed by atoms with Gasteiger partial charge in [-0.1, -0.05) is 30.5 Å². The molecule has 5 rings (SSSR count). The van der Waals surface area contributed by atoms with Gasteiger partial charge in [-0.05, 0) is 97.6 Å². The van der Waals surface area contributed by atoms with E-state index in [1.165, 1.54) is 37.0 Å². The summed E-state index contributed by atoms with van der Waals surface area (Å²) in [6.07, 6.45) is 3.76. The van der Waals surface area contributed by atoms with E-state index in [9.17, 15) is 4.39 Å². The third-order valence-electron chi connectivity index (χ3n) is 6.03. The lowest BCUT2D eigenvalue weighted by molar-refractivity contribution is 0.187. The maximum atomic E-state index is 13.1. The SMILES string of the molecule is CN1CCCCC1c1[c]cc(-c2ccc3[nH]nc(C#Cc4ccc(F)cc4)c3c2)cc1. The van der Waals surface area contributed by atoms with Crippen molar-refractivity contribution in [2.45, 2.75) is 25.3 Å². The van der Waals surface area contributed by atoms with Crippen molar-refractivity contribution in [2.75, 3.05) is 13.6 Å². The van der Waals surface area contributed by atoms with Crippen LogP contribution in [0.2, 0.25) is 0 Å². The van der Waals surface area contributed by atoms with E-state index < -0.39 is 0 Å². The Morgan fingerprint density at radius 1 is 1.03 bits per heavy atom. The minimum atomic E-state index is -0.265. The van der Waals surface area contributed by atoms with Crippen LogP contribution < -0.4 is 0 Å². The molecule has 3 aromatic carbocycles. The molecule has 0 spiro atoms. The number of fused-ring (bicyclic) bond motifs is 1. The zero-order valence-electron chi connectivity index (χ0n) is 17.5. The highest BCUT2D eigenvalue weighted by atomic mass is 19.1. The van der Waals surface area contributed by atoms with Crippen LogP contribution in [0.25, 0.3) is 22.0 Å². The molecule has 1 saturated heterocycles. The maximum Gasteiger partial charge on any atom is 0.143 e. The number of H-pyrrole nitrogens is 1. The summed E-state index contributed by atoms with van der Waals surface area (Å²) in [6, 6.07) is 22.9. The average Bonchev–Trinajstić information content (AvgIpc) is 3.21. The number of benzene rings is 3. The van der Waals surface area contributed by atoms with Crippen molar-refractivity contribution >= 4 is 10.9 Å². The summed E-state index contributed by atoms with van der Waals surface area (Å²) < 4.78 is 13.1. The highest BCUT2D eigenvalue weighted by Crippen LogP contribution is 2.31. The Kier molecular flexibility index (Phi) is 5.28. The minimum absolute atomic E-state index is 0.265. The first-order valence-electron chi connectivity index (χ1n) is 10.7. The standard InChI is InChI=1S/C27H23FN3/c1-31-17-3-2-4-27(31)21-10-8-20(9-11-21)22-12-16-26-24(18-22)25(29-30-26)15-7-19-5-13-23(28)14-6-19/h5-6,8-10,12-14,16,18,27H,2-4,17H2,1H3,(H,29,30). The Hall–Kier alpha value is -3.42. The zero-order chi connectivity index (χ0) is 21.2. The van der Waals surface area contributed by atoms with Crippen LogP contribution in [0.4, 0.5) is 4.39 Å². The van der Waals surface area contributed by atoms with E-state index in [1.807, 2.05) is 6.07 Å². The largest absolute Gasteiger partial charge is 0.299 e. The van der Waals surface area contributed by atoms with E-state index in [1.54, 1.807) is 12.1 Å². The van der Waals surface area contributed by atoms with Crippen molar-refractivity contribution in [3.8, 4) is 23.0 Å². The predicted octanol–water partition coefficient (Wildman–Crippen LogP) is 5.73. The molecule has 1 aliphatic rings. The fourth-order valence-corrected chi connectivity index (χ4v) is 4.25. The lowest BCUT2D eigenvalue weighted by atomic mass is 9.94. The summed E-state index contributed by atoms with van der Waals surface area (Å²) in [5, 5.41) is 8.38. The van der Waals surface area contributed by atoms with Gasteiger partial charge in [0.25, 0.3) is 0 Å². The van der Waals surface area contributed by atoms with E-state index in [4.69, 9.17) is 0 Å². The second kappa shape index (κ2) is 8.37. The van der Waals surface area contributed by atoms with Crippen molar-refractivity contribution in [2.24, 2.45) is 0 Å². The number of likely N-dealkylation sites (tertiary alicyclic amines) is 1. The van der Waals surface area contributed by atoms with Crippen LogP contribution in [-0.4, -0.2) is 28.7 Å². The van der Waals surface area contributed by atoms with Crippen LogP contribution in [0.1, 0.15) is 42.1 Å². The van der Waals surface area contributed by atoms with E-state index in [-0.39, 0.29) is 5.82 Å². The Morgan fingerprint density at radius 2 is 1.87 bits per heavy atom. The van der Waals surface area contributed by atoms with Gasteiger partial charge >= 0.3 is 0 Å². The van der Waals surface area contributed by atoms with Gasteiger partial charge in [0.05, 0.1) is 5.52 Å². The van der Waals surface area contributed by atoms with Gasteiger partial charge in [-0.3, -0.25) is 10.00 Å². The smallest absolute Gasteiger partial charge is 0.143 e. The fourth-order valence-electron chi connectivity index (χ4n) is 4.25. The zero-order valence-corrected chi connectivity index (χ0v) is 17.5. The first kappa shape index (κ1) is 19.5. The average molecular weight is 409 g/mol.